The number of nitro benzene ring substituents is 1. The third-order valence-electron chi connectivity index (χ3n) is 4.96. The molecule has 11 nitrogen and oxygen atoms in total. The average Bonchev–Trinajstić information content (AvgIpc) is 2.72. The molecule has 0 unspecified atom stereocenters. The van der Waals surface area contributed by atoms with Crippen LogP contribution in [0, 0.1) is 15.9 Å². The number of ether oxygens (including phenoxy) is 3. The van der Waals surface area contributed by atoms with E-state index in [0.717, 1.165) is 12.1 Å². The molecule has 0 saturated carbocycles. The Balaban J connectivity index is 2.21. The van der Waals surface area contributed by atoms with Crippen LogP contribution in [-0.2, 0) is 14.2 Å². The standard InChI is InChI=1S/C21H31FN4O7/c1-21(2,3)33-20(28)24-15-12-25(8-6-17(15)32-5)19(27)13-10-14(22)18(23-7-9-31-4)16(11-13)26(29)30/h10-11,15,17,23H,6-9,12H2,1-5H3,(H,24,28)/t15-,17+/m0/s1. The van der Waals surface area contributed by atoms with E-state index in [0.29, 0.717) is 6.42 Å². The maximum atomic E-state index is 14.7. The van der Waals surface area contributed by atoms with E-state index in [4.69, 9.17) is 14.2 Å². The van der Waals surface area contributed by atoms with Crippen LogP contribution in [0.4, 0.5) is 20.6 Å². The first-order valence-electron chi connectivity index (χ1n) is 10.5. The molecule has 2 N–H and O–H groups in total. The number of piperidine rings is 1. The van der Waals surface area contributed by atoms with Gasteiger partial charge in [0.05, 0.1) is 23.7 Å². The van der Waals surface area contributed by atoms with Crippen LogP contribution in [0.15, 0.2) is 12.1 Å². The Labute approximate surface area is 191 Å². The highest BCUT2D eigenvalue weighted by Crippen LogP contribution is 2.30. The maximum absolute atomic E-state index is 14.7. The first-order valence-corrected chi connectivity index (χ1v) is 10.5. The summed E-state index contributed by atoms with van der Waals surface area (Å²) in [5.41, 5.74) is -1.73. The molecule has 0 spiro atoms. The second-order valence-electron chi connectivity index (χ2n) is 8.60. The summed E-state index contributed by atoms with van der Waals surface area (Å²) in [5, 5.41) is 16.8. The lowest BCUT2D eigenvalue weighted by molar-refractivity contribution is -0.384. The van der Waals surface area contributed by atoms with Gasteiger partial charge in [-0.25, -0.2) is 9.18 Å². The van der Waals surface area contributed by atoms with Gasteiger partial charge in [0.1, 0.15) is 11.3 Å². The zero-order chi connectivity index (χ0) is 24.8. The van der Waals surface area contributed by atoms with E-state index in [9.17, 15) is 24.1 Å². The zero-order valence-corrected chi connectivity index (χ0v) is 19.5. The van der Waals surface area contributed by atoms with Gasteiger partial charge < -0.3 is 29.7 Å². The number of nitrogens with zero attached hydrogens (tertiary/aromatic N) is 2. The fourth-order valence-corrected chi connectivity index (χ4v) is 3.49. The summed E-state index contributed by atoms with van der Waals surface area (Å²) >= 11 is 0. The Kier molecular flexibility index (Phi) is 8.94. The van der Waals surface area contributed by atoms with E-state index in [1.165, 1.54) is 19.1 Å². The zero-order valence-electron chi connectivity index (χ0n) is 19.5. The molecule has 1 heterocycles. The van der Waals surface area contributed by atoms with E-state index in [-0.39, 0.29) is 43.6 Å². The molecule has 2 rings (SSSR count). The van der Waals surface area contributed by atoms with Crippen molar-refractivity contribution in [2.24, 2.45) is 0 Å². The van der Waals surface area contributed by atoms with E-state index in [2.05, 4.69) is 10.6 Å². The van der Waals surface area contributed by atoms with Gasteiger partial charge in [-0.05, 0) is 33.3 Å². The highest BCUT2D eigenvalue weighted by molar-refractivity contribution is 5.96. The van der Waals surface area contributed by atoms with E-state index in [1.54, 1.807) is 20.8 Å². The predicted molar refractivity (Wildman–Crippen MR) is 118 cm³/mol. The predicted octanol–water partition coefficient (Wildman–Crippen LogP) is 2.55. The van der Waals surface area contributed by atoms with Crippen LogP contribution in [-0.4, -0.2) is 80.0 Å². The summed E-state index contributed by atoms with van der Waals surface area (Å²) in [6, 6.07) is 1.43. The van der Waals surface area contributed by atoms with Crippen LogP contribution >= 0.6 is 0 Å². The summed E-state index contributed by atoms with van der Waals surface area (Å²) < 4.78 is 30.2. The Hall–Kier alpha value is -2.99. The average molecular weight is 470 g/mol. The van der Waals surface area contributed by atoms with Crippen molar-refractivity contribution in [1.82, 2.24) is 10.2 Å². The molecule has 0 aromatic heterocycles. The van der Waals surface area contributed by atoms with Gasteiger partial charge in [0.25, 0.3) is 11.6 Å². The number of nitrogens with one attached hydrogen (secondary N) is 2. The maximum Gasteiger partial charge on any atom is 0.408 e. The summed E-state index contributed by atoms with van der Waals surface area (Å²) in [6.07, 6.45) is -0.610. The van der Waals surface area contributed by atoms with E-state index < -0.39 is 40.1 Å². The molecule has 1 aromatic carbocycles. The molecule has 0 radical (unpaired) electrons. The number of alkyl carbamates (subject to hydrolysis) is 1. The number of hydrogen-bond acceptors (Lipinski definition) is 8. The van der Waals surface area contributed by atoms with E-state index >= 15 is 0 Å². The minimum atomic E-state index is -0.918. The number of likely N-dealkylation sites (tertiary alicyclic amines) is 1. The lowest BCUT2D eigenvalue weighted by Crippen LogP contribution is -2.57. The van der Waals surface area contributed by atoms with Gasteiger partial charge >= 0.3 is 6.09 Å². The van der Waals surface area contributed by atoms with Gasteiger partial charge in [-0.15, -0.1) is 0 Å². The van der Waals surface area contributed by atoms with Crippen LogP contribution in [0.25, 0.3) is 0 Å². The molecule has 1 aromatic rings. The number of carbonyl (C=O) groups is 2. The monoisotopic (exact) mass is 470 g/mol. The Morgan fingerprint density at radius 1 is 1.30 bits per heavy atom. The molecule has 1 fully saturated rings. The topological polar surface area (TPSA) is 132 Å². The molecule has 2 amide bonds. The third kappa shape index (κ3) is 7.26. The van der Waals surface area contributed by atoms with Gasteiger partial charge in [-0.2, -0.15) is 0 Å². The van der Waals surface area contributed by atoms with Crippen molar-refractivity contribution >= 4 is 23.4 Å². The van der Waals surface area contributed by atoms with Crippen molar-refractivity contribution < 1.29 is 33.1 Å². The summed E-state index contributed by atoms with van der Waals surface area (Å²) in [4.78, 5) is 37.4. The van der Waals surface area contributed by atoms with Gasteiger partial charge in [-0.3, -0.25) is 14.9 Å². The lowest BCUT2D eigenvalue weighted by atomic mass is 10.0. The Bertz CT molecular complexity index is 875. The van der Waals surface area contributed by atoms with Crippen LogP contribution in [0.3, 0.4) is 0 Å². The number of halogens is 1. The van der Waals surface area contributed by atoms with E-state index in [1.807, 2.05) is 0 Å². The molecule has 1 aliphatic rings. The van der Waals surface area contributed by atoms with Crippen molar-refractivity contribution in [3.8, 4) is 0 Å². The first-order chi connectivity index (χ1) is 15.5. The number of methoxy groups -OCH3 is 2. The molecule has 1 aliphatic heterocycles. The normalized spacial score (nSPS) is 18.5. The van der Waals surface area contributed by atoms with Crippen molar-refractivity contribution in [1.29, 1.82) is 0 Å². The number of rotatable bonds is 8. The quantitative estimate of drug-likeness (QED) is 0.337. The molecule has 0 bridgehead atoms. The largest absolute Gasteiger partial charge is 0.444 e. The number of hydrogen-bond donors (Lipinski definition) is 2. The number of amides is 2. The fourth-order valence-electron chi connectivity index (χ4n) is 3.49. The van der Waals surface area contributed by atoms with Gasteiger partial charge in [0.2, 0.25) is 0 Å². The molecule has 33 heavy (non-hydrogen) atoms. The second-order valence-corrected chi connectivity index (χ2v) is 8.60. The minimum absolute atomic E-state index is 0.0693. The summed E-state index contributed by atoms with van der Waals surface area (Å²) in [7, 11) is 2.95. The molecule has 2 atom stereocenters. The number of anilines is 1. The molecule has 1 saturated heterocycles. The van der Waals surface area contributed by atoms with Gasteiger partial charge in [-0.1, -0.05) is 0 Å². The number of benzene rings is 1. The smallest absolute Gasteiger partial charge is 0.408 e. The molecule has 184 valence electrons. The number of nitro groups is 1. The fraction of sp³-hybridized carbons (Fsp3) is 0.619. The van der Waals surface area contributed by atoms with Crippen LogP contribution in [0.1, 0.15) is 37.6 Å². The highest BCUT2D eigenvalue weighted by Gasteiger charge is 2.35. The first kappa shape index (κ1) is 26.3. The number of carbonyl (C=O) groups excluding carboxylic acids is 2. The van der Waals surface area contributed by atoms with Gasteiger partial charge in [0, 0.05) is 45.5 Å². The van der Waals surface area contributed by atoms with Crippen molar-refractivity contribution in [2.45, 2.75) is 44.9 Å². The van der Waals surface area contributed by atoms with Gasteiger partial charge in [0.15, 0.2) is 5.82 Å². The molecular formula is C21H31FN4O7. The van der Waals surface area contributed by atoms with Crippen molar-refractivity contribution in [3.63, 3.8) is 0 Å². The lowest BCUT2D eigenvalue weighted by Gasteiger charge is -2.38. The molecule has 0 aliphatic carbocycles. The third-order valence-corrected chi connectivity index (χ3v) is 4.96. The van der Waals surface area contributed by atoms with Crippen molar-refractivity contribution in [2.75, 3.05) is 45.8 Å². The molecule has 12 heteroatoms. The SMILES string of the molecule is COCCNc1c(F)cc(C(=O)N2CC[C@@H](OC)[C@@H](NC(=O)OC(C)(C)C)C2)cc1[N+](=O)[O-]. The van der Waals surface area contributed by atoms with Crippen LogP contribution in [0.2, 0.25) is 0 Å². The Morgan fingerprint density at radius 2 is 2.00 bits per heavy atom. The summed E-state index contributed by atoms with van der Waals surface area (Å²) in [5.74, 6) is -1.51. The Morgan fingerprint density at radius 3 is 2.58 bits per heavy atom. The molecular weight excluding hydrogens is 439 g/mol. The minimum Gasteiger partial charge on any atom is -0.444 e. The second kappa shape index (κ2) is 11.2. The van der Waals surface area contributed by atoms with Crippen LogP contribution in [0.5, 0.6) is 0 Å². The van der Waals surface area contributed by atoms with Crippen LogP contribution < -0.4 is 10.6 Å². The summed E-state index contributed by atoms with van der Waals surface area (Å²) in [6.45, 7) is 5.90. The van der Waals surface area contributed by atoms with Crippen molar-refractivity contribution in [3.05, 3.63) is 33.6 Å². The highest BCUT2D eigenvalue weighted by atomic mass is 19.1.